The van der Waals surface area contributed by atoms with Crippen LogP contribution < -0.4 is 0 Å². The molecule has 2 unspecified atom stereocenters. The molecule has 6 heteroatoms. The van der Waals surface area contributed by atoms with Gasteiger partial charge in [-0.15, -0.1) is 0 Å². The fourth-order valence-electron chi connectivity index (χ4n) is 3.53. The number of hydrogen-bond acceptors (Lipinski definition) is 4. The molecule has 0 spiro atoms. The molecular formula is C18H24N4O2. The quantitative estimate of drug-likeness (QED) is 0.864. The summed E-state index contributed by atoms with van der Waals surface area (Å²) in [5.41, 5.74) is 2.61. The maximum absolute atomic E-state index is 12.9. The summed E-state index contributed by atoms with van der Waals surface area (Å²) in [7, 11) is 3.34. The van der Waals surface area contributed by atoms with E-state index in [4.69, 9.17) is 4.74 Å². The van der Waals surface area contributed by atoms with Crippen molar-refractivity contribution in [3.05, 3.63) is 47.0 Å². The van der Waals surface area contributed by atoms with Gasteiger partial charge in [-0.2, -0.15) is 5.10 Å². The van der Waals surface area contributed by atoms with Gasteiger partial charge in [-0.05, 0) is 31.4 Å². The number of nitrogens with zero attached hydrogens (tertiary/aromatic N) is 4. The normalized spacial score (nSPS) is 20.6. The van der Waals surface area contributed by atoms with Crippen LogP contribution in [0.2, 0.25) is 0 Å². The van der Waals surface area contributed by atoms with Crippen LogP contribution >= 0.6 is 0 Å². The molecule has 6 nitrogen and oxygen atoms in total. The van der Waals surface area contributed by atoms with Gasteiger partial charge in [0.15, 0.2) is 5.82 Å². The first kappa shape index (κ1) is 16.6. The van der Waals surface area contributed by atoms with Gasteiger partial charge in [0.2, 0.25) is 5.82 Å². The van der Waals surface area contributed by atoms with E-state index in [-0.39, 0.29) is 11.9 Å². The molecule has 128 valence electrons. The van der Waals surface area contributed by atoms with E-state index in [9.17, 15) is 4.79 Å². The van der Waals surface area contributed by atoms with E-state index in [0.717, 1.165) is 13.0 Å². The predicted octanol–water partition coefficient (Wildman–Crippen LogP) is 2.29. The summed E-state index contributed by atoms with van der Waals surface area (Å²) < 4.78 is 6.59. The lowest BCUT2D eigenvalue weighted by molar-refractivity contribution is 0.0728. The summed E-state index contributed by atoms with van der Waals surface area (Å²) in [6, 6.07) is 8.60. The zero-order valence-corrected chi connectivity index (χ0v) is 14.7. The van der Waals surface area contributed by atoms with Crippen LogP contribution in [0.1, 0.15) is 46.8 Å². The standard InChI is InChI=1S/C18H24N4O2/c1-12-7-5-6-8-15(12)14-9-13(2)22(10-14)18(23)17-19-16(11-24-4)20-21(17)3/h5-8,13-14H,9-11H2,1-4H3. The lowest BCUT2D eigenvalue weighted by Crippen LogP contribution is -2.35. The van der Waals surface area contributed by atoms with Crippen molar-refractivity contribution in [2.75, 3.05) is 13.7 Å². The summed E-state index contributed by atoms with van der Waals surface area (Å²) in [4.78, 5) is 19.2. The van der Waals surface area contributed by atoms with E-state index in [1.165, 1.54) is 11.1 Å². The Kier molecular flexibility index (Phi) is 4.66. The Morgan fingerprint density at radius 3 is 2.83 bits per heavy atom. The van der Waals surface area contributed by atoms with Gasteiger partial charge in [0.25, 0.3) is 5.91 Å². The Balaban J connectivity index is 1.80. The second-order valence-electron chi connectivity index (χ2n) is 6.50. The van der Waals surface area contributed by atoms with Crippen molar-refractivity contribution in [1.82, 2.24) is 19.7 Å². The molecule has 2 heterocycles. The number of amides is 1. The smallest absolute Gasteiger partial charge is 0.291 e. The maximum Gasteiger partial charge on any atom is 0.291 e. The van der Waals surface area contributed by atoms with Crippen LogP contribution in [0.15, 0.2) is 24.3 Å². The van der Waals surface area contributed by atoms with E-state index in [1.54, 1.807) is 18.8 Å². The zero-order valence-electron chi connectivity index (χ0n) is 14.7. The zero-order chi connectivity index (χ0) is 17.3. The first-order chi connectivity index (χ1) is 11.5. The fourth-order valence-corrected chi connectivity index (χ4v) is 3.53. The number of benzene rings is 1. The van der Waals surface area contributed by atoms with Crippen LogP contribution in [-0.4, -0.2) is 45.3 Å². The number of hydrogen-bond donors (Lipinski definition) is 0. The van der Waals surface area contributed by atoms with Crippen LogP contribution in [0.25, 0.3) is 0 Å². The third-order valence-corrected chi connectivity index (χ3v) is 4.74. The molecule has 1 aromatic carbocycles. The lowest BCUT2D eigenvalue weighted by Gasteiger charge is -2.20. The minimum Gasteiger partial charge on any atom is -0.377 e. The van der Waals surface area contributed by atoms with Crippen molar-refractivity contribution in [2.45, 2.75) is 38.8 Å². The number of carbonyl (C=O) groups is 1. The van der Waals surface area contributed by atoms with Gasteiger partial charge in [-0.25, -0.2) is 9.67 Å². The van der Waals surface area contributed by atoms with Crippen LogP contribution in [0.3, 0.4) is 0 Å². The number of aryl methyl sites for hydroxylation is 2. The van der Waals surface area contributed by atoms with E-state index in [2.05, 4.69) is 48.2 Å². The van der Waals surface area contributed by atoms with Crippen molar-refractivity contribution >= 4 is 5.91 Å². The average molecular weight is 328 g/mol. The predicted molar refractivity (Wildman–Crippen MR) is 90.8 cm³/mol. The molecule has 1 aliphatic heterocycles. The van der Waals surface area contributed by atoms with Gasteiger partial charge in [0.05, 0.1) is 0 Å². The Bertz CT molecular complexity index is 740. The Morgan fingerprint density at radius 1 is 1.38 bits per heavy atom. The van der Waals surface area contributed by atoms with Gasteiger partial charge in [-0.1, -0.05) is 24.3 Å². The lowest BCUT2D eigenvalue weighted by atomic mass is 9.93. The molecule has 0 radical (unpaired) electrons. The van der Waals surface area contributed by atoms with Crippen LogP contribution in [0.4, 0.5) is 0 Å². The Labute approximate surface area is 142 Å². The summed E-state index contributed by atoms with van der Waals surface area (Å²) in [6.45, 7) is 5.26. The molecule has 0 aliphatic carbocycles. The van der Waals surface area contributed by atoms with E-state index < -0.39 is 0 Å². The molecule has 2 aromatic rings. The fraction of sp³-hybridized carbons (Fsp3) is 0.500. The highest BCUT2D eigenvalue weighted by molar-refractivity contribution is 5.91. The van der Waals surface area contributed by atoms with Gasteiger partial charge in [0, 0.05) is 32.7 Å². The molecule has 1 saturated heterocycles. The molecule has 0 N–H and O–H groups in total. The van der Waals surface area contributed by atoms with Gasteiger partial charge in [-0.3, -0.25) is 4.79 Å². The Hall–Kier alpha value is -2.21. The van der Waals surface area contributed by atoms with Gasteiger partial charge < -0.3 is 9.64 Å². The second kappa shape index (κ2) is 6.73. The highest BCUT2D eigenvalue weighted by atomic mass is 16.5. The third-order valence-electron chi connectivity index (χ3n) is 4.74. The van der Waals surface area contributed by atoms with E-state index in [0.29, 0.717) is 24.2 Å². The van der Waals surface area contributed by atoms with Crippen LogP contribution in [0, 0.1) is 6.92 Å². The molecule has 3 rings (SSSR count). The second-order valence-corrected chi connectivity index (χ2v) is 6.50. The number of carbonyl (C=O) groups excluding carboxylic acids is 1. The molecule has 1 aromatic heterocycles. The highest BCUT2D eigenvalue weighted by Crippen LogP contribution is 2.33. The van der Waals surface area contributed by atoms with Crippen molar-refractivity contribution < 1.29 is 9.53 Å². The van der Waals surface area contributed by atoms with Crippen LogP contribution in [0.5, 0.6) is 0 Å². The molecule has 24 heavy (non-hydrogen) atoms. The van der Waals surface area contributed by atoms with Crippen molar-refractivity contribution in [3.8, 4) is 0 Å². The molecule has 2 atom stereocenters. The molecule has 1 amide bonds. The number of likely N-dealkylation sites (tertiary alicyclic amines) is 1. The molecule has 1 aliphatic rings. The van der Waals surface area contributed by atoms with Crippen molar-refractivity contribution in [1.29, 1.82) is 0 Å². The Morgan fingerprint density at radius 2 is 2.12 bits per heavy atom. The third kappa shape index (κ3) is 3.06. The first-order valence-electron chi connectivity index (χ1n) is 8.26. The SMILES string of the molecule is COCc1nc(C(=O)N2CC(c3ccccc3C)CC2C)n(C)n1. The summed E-state index contributed by atoms with van der Waals surface area (Å²) in [6.07, 6.45) is 0.972. The molecular weight excluding hydrogens is 304 g/mol. The largest absolute Gasteiger partial charge is 0.377 e. The number of methoxy groups -OCH3 is 1. The number of aromatic nitrogens is 3. The number of ether oxygens (including phenoxy) is 1. The number of rotatable bonds is 4. The summed E-state index contributed by atoms with van der Waals surface area (Å²) in [5.74, 6) is 1.22. The summed E-state index contributed by atoms with van der Waals surface area (Å²) >= 11 is 0. The summed E-state index contributed by atoms with van der Waals surface area (Å²) in [5, 5.41) is 4.24. The topological polar surface area (TPSA) is 60.2 Å². The van der Waals surface area contributed by atoms with Crippen molar-refractivity contribution in [3.63, 3.8) is 0 Å². The molecule has 1 fully saturated rings. The minimum absolute atomic E-state index is 0.0593. The van der Waals surface area contributed by atoms with E-state index in [1.807, 2.05) is 4.90 Å². The average Bonchev–Trinajstić information content (AvgIpc) is 3.10. The molecule has 0 bridgehead atoms. The van der Waals surface area contributed by atoms with Gasteiger partial charge >= 0.3 is 0 Å². The molecule has 0 saturated carbocycles. The minimum atomic E-state index is -0.0593. The van der Waals surface area contributed by atoms with Crippen molar-refractivity contribution in [2.24, 2.45) is 7.05 Å². The highest BCUT2D eigenvalue weighted by Gasteiger charge is 2.35. The van der Waals surface area contributed by atoms with Gasteiger partial charge in [0.1, 0.15) is 6.61 Å². The first-order valence-corrected chi connectivity index (χ1v) is 8.26. The van der Waals surface area contributed by atoms with E-state index >= 15 is 0 Å². The maximum atomic E-state index is 12.9. The monoisotopic (exact) mass is 328 g/mol. The van der Waals surface area contributed by atoms with Crippen LogP contribution in [-0.2, 0) is 18.4 Å².